The Morgan fingerprint density at radius 3 is 2.79 bits per heavy atom. The van der Waals surface area contributed by atoms with Gasteiger partial charge in [-0.2, -0.15) is 0 Å². The summed E-state index contributed by atoms with van der Waals surface area (Å²) < 4.78 is 0. The zero-order chi connectivity index (χ0) is 15.9. The van der Waals surface area contributed by atoms with Gasteiger partial charge in [0, 0.05) is 40.9 Å². The van der Waals surface area contributed by atoms with Crippen LogP contribution in [0, 0.1) is 0 Å². The molecule has 1 aromatic carbocycles. The monoisotopic (exact) mass is 311 g/mol. The molecule has 116 valence electrons. The summed E-state index contributed by atoms with van der Waals surface area (Å²) in [5.74, 6) is 0.745. The van der Waals surface area contributed by atoms with Gasteiger partial charge in [-0.25, -0.2) is 0 Å². The summed E-state index contributed by atoms with van der Waals surface area (Å²) in [4.78, 5) is 13.6. The van der Waals surface area contributed by atoms with Crippen LogP contribution in [0.3, 0.4) is 0 Å². The molecule has 0 bridgehead atoms. The smallest absolute Gasteiger partial charge is 0.0818 e. The normalized spacial score (nSPS) is 15.5. The highest BCUT2D eigenvalue weighted by Gasteiger charge is 2.24. The van der Waals surface area contributed by atoms with Crippen LogP contribution in [0.25, 0.3) is 22.4 Å². The topological polar surface area (TPSA) is 38.1 Å². The molecule has 1 aliphatic carbocycles. The molecule has 0 atom stereocenters. The second kappa shape index (κ2) is 5.38. The maximum absolute atomic E-state index is 4.68. The van der Waals surface area contributed by atoms with Crippen molar-refractivity contribution in [3.63, 3.8) is 0 Å². The molecule has 0 amide bonds. The third-order valence-corrected chi connectivity index (χ3v) is 4.80. The lowest BCUT2D eigenvalue weighted by molar-refractivity contribution is 1.02. The van der Waals surface area contributed by atoms with Crippen molar-refractivity contribution in [1.29, 1.82) is 0 Å². The molecule has 3 nitrogen and oxygen atoms in total. The van der Waals surface area contributed by atoms with Gasteiger partial charge in [-0.3, -0.25) is 15.0 Å². The first-order chi connectivity index (χ1) is 11.9. The van der Waals surface area contributed by atoms with Gasteiger partial charge in [0.05, 0.1) is 17.9 Å². The fraction of sp³-hybridized carbons (Fsp3) is 0.190. The van der Waals surface area contributed by atoms with E-state index >= 15 is 0 Å². The largest absolute Gasteiger partial charge is 0.286 e. The fourth-order valence-electron chi connectivity index (χ4n) is 3.36. The third-order valence-electron chi connectivity index (χ3n) is 4.80. The molecule has 0 spiro atoms. The number of pyridine rings is 2. The van der Waals surface area contributed by atoms with E-state index in [0.29, 0.717) is 6.54 Å². The molecule has 3 heterocycles. The molecule has 2 aromatic heterocycles. The van der Waals surface area contributed by atoms with E-state index in [-0.39, 0.29) is 0 Å². The van der Waals surface area contributed by atoms with Gasteiger partial charge in [0.15, 0.2) is 0 Å². The minimum atomic E-state index is 0.693. The van der Waals surface area contributed by atoms with Crippen molar-refractivity contribution in [3.8, 4) is 22.4 Å². The zero-order valence-electron chi connectivity index (χ0n) is 13.3. The molecule has 0 N–H and O–H groups in total. The van der Waals surface area contributed by atoms with Gasteiger partial charge < -0.3 is 0 Å². The van der Waals surface area contributed by atoms with Crippen LogP contribution in [0.4, 0.5) is 0 Å². The van der Waals surface area contributed by atoms with Crippen molar-refractivity contribution in [1.82, 2.24) is 9.97 Å². The summed E-state index contributed by atoms with van der Waals surface area (Å²) in [6.07, 6.45) is 8.35. The average Bonchev–Trinajstić information content (AvgIpc) is 3.39. The van der Waals surface area contributed by atoms with Crippen LogP contribution in [-0.2, 0) is 6.54 Å². The van der Waals surface area contributed by atoms with Crippen molar-refractivity contribution in [3.05, 3.63) is 71.7 Å². The Bertz CT molecular complexity index is 955. The number of hydrogen-bond donors (Lipinski definition) is 0. The van der Waals surface area contributed by atoms with Gasteiger partial charge in [0.25, 0.3) is 0 Å². The number of fused-ring (bicyclic) bond motifs is 1. The maximum atomic E-state index is 4.68. The van der Waals surface area contributed by atoms with Gasteiger partial charge >= 0.3 is 0 Å². The number of rotatable bonds is 3. The van der Waals surface area contributed by atoms with E-state index in [1.165, 1.54) is 24.0 Å². The van der Waals surface area contributed by atoms with E-state index in [0.717, 1.165) is 34.0 Å². The first-order valence-corrected chi connectivity index (χ1v) is 8.43. The number of aromatic nitrogens is 2. The molecule has 0 unspecified atom stereocenters. The molecule has 3 heteroatoms. The molecule has 0 saturated heterocycles. The Balaban J connectivity index is 1.63. The van der Waals surface area contributed by atoms with Crippen LogP contribution in [0.2, 0.25) is 0 Å². The van der Waals surface area contributed by atoms with Crippen molar-refractivity contribution >= 4 is 6.21 Å². The Kier molecular flexibility index (Phi) is 3.05. The number of nitrogens with zero attached hydrogens (tertiary/aromatic N) is 3. The van der Waals surface area contributed by atoms with Gasteiger partial charge in [-0.05, 0) is 42.5 Å². The van der Waals surface area contributed by atoms with Gasteiger partial charge in [-0.15, -0.1) is 0 Å². The van der Waals surface area contributed by atoms with E-state index in [2.05, 4.69) is 51.4 Å². The van der Waals surface area contributed by atoms with Crippen LogP contribution in [0.1, 0.15) is 35.6 Å². The lowest BCUT2D eigenvalue weighted by Gasteiger charge is -2.11. The van der Waals surface area contributed by atoms with Crippen LogP contribution < -0.4 is 0 Å². The Morgan fingerprint density at radius 1 is 0.917 bits per heavy atom. The zero-order valence-corrected chi connectivity index (χ0v) is 13.3. The van der Waals surface area contributed by atoms with E-state index in [4.69, 9.17) is 0 Å². The molecule has 3 aromatic rings. The summed E-state index contributed by atoms with van der Waals surface area (Å²) >= 11 is 0. The Morgan fingerprint density at radius 2 is 1.88 bits per heavy atom. The lowest BCUT2D eigenvalue weighted by Crippen LogP contribution is -1.94. The van der Waals surface area contributed by atoms with E-state index in [1.54, 1.807) is 0 Å². The maximum Gasteiger partial charge on any atom is 0.0818 e. The second-order valence-electron chi connectivity index (χ2n) is 6.53. The summed E-state index contributed by atoms with van der Waals surface area (Å²) in [7, 11) is 0. The van der Waals surface area contributed by atoms with Crippen molar-refractivity contribution in [2.45, 2.75) is 25.3 Å². The van der Waals surface area contributed by atoms with E-state index in [9.17, 15) is 0 Å². The van der Waals surface area contributed by atoms with E-state index in [1.807, 2.05) is 24.7 Å². The molecular formula is C21H17N3. The lowest BCUT2D eigenvalue weighted by atomic mass is 9.97. The molecule has 2 aliphatic rings. The fourth-order valence-corrected chi connectivity index (χ4v) is 3.36. The first-order valence-electron chi connectivity index (χ1n) is 8.43. The molecule has 1 saturated carbocycles. The molecule has 1 fully saturated rings. The molecule has 5 rings (SSSR count). The quantitative estimate of drug-likeness (QED) is 0.708. The van der Waals surface area contributed by atoms with Crippen LogP contribution in [-0.4, -0.2) is 16.2 Å². The highest BCUT2D eigenvalue weighted by molar-refractivity contribution is 5.88. The van der Waals surface area contributed by atoms with Gasteiger partial charge in [-0.1, -0.05) is 24.3 Å². The SMILES string of the molecule is C1=NCc2ncc(-c3cccnc3-c3cccc(C4CC4)c3)cc21. The highest BCUT2D eigenvalue weighted by Crippen LogP contribution is 2.41. The Labute approximate surface area is 141 Å². The highest BCUT2D eigenvalue weighted by atomic mass is 14.8. The first kappa shape index (κ1) is 13.6. The average molecular weight is 311 g/mol. The van der Waals surface area contributed by atoms with Crippen molar-refractivity contribution in [2.24, 2.45) is 4.99 Å². The minimum absolute atomic E-state index is 0.693. The number of hydrogen-bond acceptors (Lipinski definition) is 3. The van der Waals surface area contributed by atoms with E-state index < -0.39 is 0 Å². The number of aliphatic imine (C=N–C) groups is 1. The third kappa shape index (κ3) is 2.33. The van der Waals surface area contributed by atoms with Crippen LogP contribution in [0.5, 0.6) is 0 Å². The summed E-state index contributed by atoms with van der Waals surface area (Å²) in [6, 6.07) is 15.1. The van der Waals surface area contributed by atoms with Crippen LogP contribution >= 0.6 is 0 Å². The second-order valence-corrected chi connectivity index (χ2v) is 6.53. The summed E-state index contributed by atoms with van der Waals surface area (Å²) in [5.41, 5.74) is 8.04. The Hall–Kier alpha value is -2.81. The van der Waals surface area contributed by atoms with Gasteiger partial charge in [0.1, 0.15) is 0 Å². The van der Waals surface area contributed by atoms with Gasteiger partial charge in [0.2, 0.25) is 0 Å². The minimum Gasteiger partial charge on any atom is -0.286 e. The number of benzene rings is 1. The predicted octanol–water partition coefficient (Wildman–Crippen LogP) is 4.62. The summed E-state index contributed by atoms with van der Waals surface area (Å²) in [5, 5.41) is 0. The summed E-state index contributed by atoms with van der Waals surface area (Å²) in [6.45, 7) is 0.693. The van der Waals surface area contributed by atoms with Crippen molar-refractivity contribution in [2.75, 3.05) is 0 Å². The molecule has 24 heavy (non-hydrogen) atoms. The van der Waals surface area contributed by atoms with Crippen molar-refractivity contribution < 1.29 is 0 Å². The standard InChI is InChI=1S/C21H17N3/c1-3-15(14-6-7-14)9-16(4-1)21-19(5-2-8-23-21)17-10-18-11-22-13-20(18)24-12-17/h1-5,8-12,14H,6-7,13H2. The van der Waals surface area contributed by atoms with Crippen LogP contribution in [0.15, 0.2) is 59.9 Å². The molecule has 1 aliphatic heterocycles. The molecule has 0 radical (unpaired) electrons. The molecular weight excluding hydrogens is 294 g/mol. The predicted molar refractivity (Wildman–Crippen MR) is 96.2 cm³/mol.